The van der Waals surface area contributed by atoms with Crippen LogP contribution >= 0.6 is 0 Å². The third-order valence-electron chi connectivity index (χ3n) is 4.44. The molecule has 0 unspecified atom stereocenters. The molecule has 0 atom stereocenters. The van der Waals surface area contributed by atoms with Crippen molar-refractivity contribution in [3.05, 3.63) is 36.0 Å². The molecule has 1 aliphatic heterocycles. The van der Waals surface area contributed by atoms with Crippen LogP contribution in [0, 0.1) is 6.92 Å². The van der Waals surface area contributed by atoms with E-state index >= 15 is 0 Å². The maximum atomic E-state index is 12.9. The fourth-order valence-corrected chi connectivity index (χ4v) is 4.43. The highest BCUT2D eigenvalue weighted by molar-refractivity contribution is 7.89. The number of nitrogens with zero attached hydrogens (tertiary/aromatic N) is 4. The number of rotatable bonds is 6. The van der Waals surface area contributed by atoms with Crippen molar-refractivity contribution in [3.8, 4) is 5.75 Å². The van der Waals surface area contributed by atoms with Crippen LogP contribution in [0.5, 0.6) is 5.75 Å². The van der Waals surface area contributed by atoms with Gasteiger partial charge in [0.2, 0.25) is 16.0 Å². The first kappa shape index (κ1) is 19.4. The number of aromatic nitrogens is 2. The molecule has 1 N–H and O–H groups in total. The van der Waals surface area contributed by atoms with Crippen LogP contribution in [0.3, 0.4) is 0 Å². The molecule has 0 bridgehead atoms. The summed E-state index contributed by atoms with van der Waals surface area (Å²) in [4.78, 5) is 11.3. The van der Waals surface area contributed by atoms with Crippen LogP contribution in [0.25, 0.3) is 0 Å². The van der Waals surface area contributed by atoms with Crippen molar-refractivity contribution in [2.24, 2.45) is 0 Å². The number of benzene rings is 1. The molecule has 3 rings (SSSR count). The third-order valence-corrected chi connectivity index (χ3v) is 6.35. The minimum atomic E-state index is -3.51. The molecule has 146 valence electrons. The highest BCUT2D eigenvalue weighted by Crippen LogP contribution is 2.22. The first-order chi connectivity index (χ1) is 12.9. The van der Waals surface area contributed by atoms with Gasteiger partial charge in [-0.25, -0.2) is 13.4 Å². The molecular formula is C18H25N5O3S. The highest BCUT2D eigenvalue weighted by Gasteiger charge is 2.29. The van der Waals surface area contributed by atoms with E-state index < -0.39 is 10.0 Å². The van der Waals surface area contributed by atoms with E-state index in [4.69, 9.17) is 4.74 Å². The predicted molar refractivity (Wildman–Crippen MR) is 105 cm³/mol. The number of ether oxygens (including phenoxy) is 1. The van der Waals surface area contributed by atoms with Gasteiger partial charge in [-0.1, -0.05) is 0 Å². The van der Waals surface area contributed by atoms with E-state index in [9.17, 15) is 8.42 Å². The zero-order valence-electron chi connectivity index (χ0n) is 15.8. The van der Waals surface area contributed by atoms with E-state index in [1.54, 1.807) is 31.4 Å². The summed E-state index contributed by atoms with van der Waals surface area (Å²) in [6.07, 6.45) is 0. The van der Waals surface area contributed by atoms with E-state index in [0.29, 0.717) is 37.9 Å². The second-order valence-corrected chi connectivity index (χ2v) is 8.23. The van der Waals surface area contributed by atoms with Gasteiger partial charge in [0.1, 0.15) is 11.6 Å². The summed E-state index contributed by atoms with van der Waals surface area (Å²) < 4.78 is 32.3. The Morgan fingerprint density at radius 3 is 2.37 bits per heavy atom. The quantitative estimate of drug-likeness (QED) is 0.802. The number of anilines is 2. The summed E-state index contributed by atoms with van der Waals surface area (Å²) in [5.74, 6) is 2.05. The highest BCUT2D eigenvalue weighted by atomic mass is 32.2. The van der Waals surface area contributed by atoms with Crippen molar-refractivity contribution in [2.45, 2.75) is 18.7 Å². The molecule has 9 heteroatoms. The Morgan fingerprint density at radius 1 is 1.11 bits per heavy atom. The van der Waals surface area contributed by atoms with Gasteiger partial charge in [0, 0.05) is 44.5 Å². The minimum Gasteiger partial charge on any atom is -0.497 e. The molecule has 2 heterocycles. The van der Waals surface area contributed by atoms with Crippen LogP contribution in [0.2, 0.25) is 0 Å². The zero-order valence-corrected chi connectivity index (χ0v) is 16.7. The summed E-state index contributed by atoms with van der Waals surface area (Å²) in [5.41, 5.74) is 0.879. The van der Waals surface area contributed by atoms with Crippen molar-refractivity contribution in [1.29, 1.82) is 0 Å². The lowest BCUT2D eigenvalue weighted by Gasteiger charge is -2.34. The fourth-order valence-electron chi connectivity index (χ4n) is 3.01. The SMILES string of the molecule is CCNc1nc(C)cc(N2CCN(S(=O)(=O)c3ccc(OC)cc3)CC2)n1. The number of aryl methyl sites for hydroxylation is 1. The van der Waals surface area contributed by atoms with Gasteiger partial charge in [-0.2, -0.15) is 9.29 Å². The summed E-state index contributed by atoms with van der Waals surface area (Å²) in [6.45, 7) is 6.65. The Labute approximate surface area is 160 Å². The molecule has 1 aromatic carbocycles. The normalized spacial score (nSPS) is 15.6. The van der Waals surface area contributed by atoms with Crippen molar-refractivity contribution in [2.75, 3.05) is 50.1 Å². The number of methoxy groups -OCH3 is 1. The lowest BCUT2D eigenvalue weighted by atomic mass is 10.3. The second-order valence-electron chi connectivity index (χ2n) is 6.29. The lowest BCUT2D eigenvalue weighted by molar-refractivity contribution is 0.383. The number of hydrogen-bond acceptors (Lipinski definition) is 7. The van der Waals surface area contributed by atoms with E-state index in [1.807, 2.05) is 19.9 Å². The molecule has 0 aliphatic carbocycles. The molecule has 0 amide bonds. The number of sulfonamides is 1. The van der Waals surface area contributed by atoms with Crippen LogP contribution in [0.4, 0.5) is 11.8 Å². The van der Waals surface area contributed by atoms with Crippen LogP contribution in [-0.4, -0.2) is 62.5 Å². The van der Waals surface area contributed by atoms with Gasteiger partial charge < -0.3 is 15.0 Å². The maximum absolute atomic E-state index is 12.9. The average Bonchev–Trinajstić information content (AvgIpc) is 2.68. The van der Waals surface area contributed by atoms with Crippen LogP contribution in [0.1, 0.15) is 12.6 Å². The largest absolute Gasteiger partial charge is 0.497 e. The lowest BCUT2D eigenvalue weighted by Crippen LogP contribution is -2.49. The van der Waals surface area contributed by atoms with E-state index in [2.05, 4.69) is 20.2 Å². The predicted octanol–water partition coefficient (Wildman–Crippen LogP) is 1.74. The van der Waals surface area contributed by atoms with Crippen molar-refractivity contribution >= 4 is 21.8 Å². The molecule has 2 aromatic rings. The molecule has 0 spiro atoms. The monoisotopic (exact) mass is 391 g/mol. The van der Waals surface area contributed by atoms with Crippen molar-refractivity contribution in [1.82, 2.24) is 14.3 Å². The van der Waals surface area contributed by atoms with Crippen LogP contribution in [0.15, 0.2) is 35.2 Å². The van der Waals surface area contributed by atoms with Crippen LogP contribution < -0.4 is 15.0 Å². The maximum Gasteiger partial charge on any atom is 0.243 e. The smallest absolute Gasteiger partial charge is 0.243 e. The van der Waals surface area contributed by atoms with E-state index in [-0.39, 0.29) is 4.90 Å². The molecule has 1 aliphatic rings. The van der Waals surface area contributed by atoms with Gasteiger partial charge >= 0.3 is 0 Å². The minimum absolute atomic E-state index is 0.282. The van der Waals surface area contributed by atoms with Gasteiger partial charge in [-0.3, -0.25) is 0 Å². The van der Waals surface area contributed by atoms with Gasteiger partial charge in [-0.05, 0) is 38.1 Å². The standard InChI is InChI=1S/C18H25N5O3S/c1-4-19-18-20-14(2)13-17(21-18)22-9-11-23(12-10-22)27(24,25)16-7-5-15(26-3)6-8-16/h5-8,13H,4,9-12H2,1-3H3,(H,19,20,21). The second kappa shape index (κ2) is 8.10. The number of nitrogens with one attached hydrogen (secondary N) is 1. The topological polar surface area (TPSA) is 87.7 Å². The molecule has 1 fully saturated rings. The number of hydrogen-bond donors (Lipinski definition) is 1. The average molecular weight is 391 g/mol. The first-order valence-electron chi connectivity index (χ1n) is 8.92. The Kier molecular flexibility index (Phi) is 5.81. The van der Waals surface area contributed by atoms with Gasteiger partial charge in [-0.15, -0.1) is 0 Å². The Bertz CT molecular complexity index is 878. The number of piperazine rings is 1. The fraction of sp³-hybridized carbons (Fsp3) is 0.444. The molecule has 1 saturated heterocycles. The van der Waals surface area contributed by atoms with E-state index in [0.717, 1.165) is 18.1 Å². The molecule has 0 saturated carbocycles. The molecule has 27 heavy (non-hydrogen) atoms. The molecule has 8 nitrogen and oxygen atoms in total. The summed E-state index contributed by atoms with van der Waals surface area (Å²) in [5, 5.41) is 3.13. The Balaban J connectivity index is 1.71. The van der Waals surface area contributed by atoms with Crippen molar-refractivity contribution in [3.63, 3.8) is 0 Å². The van der Waals surface area contributed by atoms with Crippen LogP contribution in [-0.2, 0) is 10.0 Å². The molecule has 0 radical (unpaired) electrons. The zero-order chi connectivity index (χ0) is 19.4. The third kappa shape index (κ3) is 4.30. The summed E-state index contributed by atoms with van der Waals surface area (Å²) in [6, 6.07) is 8.41. The van der Waals surface area contributed by atoms with Gasteiger partial charge in [0.05, 0.1) is 12.0 Å². The van der Waals surface area contributed by atoms with Crippen molar-refractivity contribution < 1.29 is 13.2 Å². The summed E-state index contributed by atoms with van der Waals surface area (Å²) >= 11 is 0. The Hall–Kier alpha value is -2.39. The molecular weight excluding hydrogens is 366 g/mol. The summed E-state index contributed by atoms with van der Waals surface area (Å²) in [7, 11) is -1.96. The van der Waals surface area contributed by atoms with E-state index in [1.165, 1.54) is 4.31 Å². The van der Waals surface area contributed by atoms with Gasteiger partial charge in [0.15, 0.2) is 0 Å². The molecule has 1 aromatic heterocycles. The Morgan fingerprint density at radius 2 is 1.78 bits per heavy atom. The van der Waals surface area contributed by atoms with Gasteiger partial charge in [0.25, 0.3) is 0 Å². The first-order valence-corrected chi connectivity index (χ1v) is 10.4.